The molecule has 0 unspecified atom stereocenters. The Bertz CT molecular complexity index is 348. The van der Waals surface area contributed by atoms with Gasteiger partial charge in [0.25, 0.3) is 0 Å². The van der Waals surface area contributed by atoms with Gasteiger partial charge in [0.1, 0.15) is 0 Å². The molecule has 17 heavy (non-hydrogen) atoms. The minimum atomic E-state index is 0.329. The summed E-state index contributed by atoms with van der Waals surface area (Å²) in [5.74, 6) is 2.18. The number of piperidine rings is 1. The molecule has 1 aromatic heterocycles. The van der Waals surface area contributed by atoms with Crippen LogP contribution in [-0.2, 0) is 6.42 Å². The van der Waals surface area contributed by atoms with Crippen LogP contribution in [0.1, 0.15) is 57.7 Å². The molecule has 1 saturated heterocycles. The van der Waals surface area contributed by atoms with Crippen molar-refractivity contribution in [1.29, 1.82) is 0 Å². The van der Waals surface area contributed by atoms with Gasteiger partial charge in [-0.1, -0.05) is 25.9 Å². The average Bonchev–Trinajstić information content (AvgIpc) is 2.75. The van der Waals surface area contributed by atoms with Gasteiger partial charge in [-0.3, -0.25) is 0 Å². The third-order valence-corrected chi connectivity index (χ3v) is 3.27. The molecule has 0 saturated carbocycles. The Morgan fingerprint density at radius 3 is 2.65 bits per heavy atom. The number of nitrogens with one attached hydrogen (secondary N) is 1. The normalized spacial score (nSPS) is 18.5. The van der Waals surface area contributed by atoms with Crippen molar-refractivity contribution in [2.24, 2.45) is 5.41 Å². The highest BCUT2D eigenvalue weighted by Gasteiger charge is 2.21. The minimum absolute atomic E-state index is 0.329. The van der Waals surface area contributed by atoms with Crippen molar-refractivity contribution in [2.45, 2.75) is 52.4 Å². The number of rotatable bonds is 3. The first-order valence-corrected chi connectivity index (χ1v) is 6.58. The first-order valence-electron chi connectivity index (χ1n) is 6.58. The van der Waals surface area contributed by atoms with E-state index in [1.165, 1.54) is 0 Å². The average molecular weight is 237 g/mol. The van der Waals surface area contributed by atoms with Crippen LogP contribution < -0.4 is 5.32 Å². The number of nitrogens with zero attached hydrogens (tertiary/aromatic N) is 2. The largest absolute Gasteiger partial charge is 0.339 e. The van der Waals surface area contributed by atoms with Crippen molar-refractivity contribution < 1.29 is 4.52 Å². The highest BCUT2D eigenvalue weighted by Crippen LogP contribution is 2.25. The fourth-order valence-corrected chi connectivity index (χ4v) is 2.09. The monoisotopic (exact) mass is 237 g/mol. The van der Waals surface area contributed by atoms with Crippen molar-refractivity contribution in [1.82, 2.24) is 15.5 Å². The van der Waals surface area contributed by atoms with Crippen LogP contribution in [0.4, 0.5) is 0 Å². The van der Waals surface area contributed by atoms with Gasteiger partial charge in [0, 0.05) is 12.3 Å². The van der Waals surface area contributed by atoms with Gasteiger partial charge in [0.05, 0.1) is 0 Å². The lowest BCUT2D eigenvalue weighted by Gasteiger charge is -2.18. The van der Waals surface area contributed by atoms with E-state index in [4.69, 9.17) is 4.52 Å². The first kappa shape index (κ1) is 12.6. The number of aromatic nitrogens is 2. The Morgan fingerprint density at radius 2 is 2.00 bits per heavy atom. The predicted molar refractivity (Wildman–Crippen MR) is 66.9 cm³/mol. The highest BCUT2D eigenvalue weighted by atomic mass is 16.5. The van der Waals surface area contributed by atoms with Crippen LogP contribution in [0.2, 0.25) is 0 Å². The molecule has 4 heteroatoms. The summed E-state index contributed by atoms with van der Waals surface area (Å²) in [5.41, 5.74) is 0.329. The van der Waals surface area contributed by atoms with Crippen molar-refractivity contribution in [3.63, 3.8) is 0 Å². The number of aryl methyl sites for hydroxylation is 1. The summed E-state index contributed by atoms with van der Waals surface area (Å²) in [6.07, 6.45) is 4.23. The molecule has 1 aliphatic heterocycles. The van der Waals surface area contributed by atoms with Gasteiger partial charge in [0.2, 0.25) is 5.89 Å². The van der Waals surface area contributed by atoms with Crippen LogP contribution in [0.25, 0.3) is 0 Å². The van der Waals surface area contributed by atoms with E-state index in [0.29, 0.717) is 11.3 Å². The molecular formula is C13H23N3O. The number of hydrogen-bond donors (Lipinski definition) is 1. The molecule has 0 atom stereocenters. The minimum Gasteiger partial charge on any atom is -0.339 e. The van der Waals surface area contributed by atoms with Gasteiger partial charge < -0.3 is 9.84 Å². The molecule has 1 aromatic rings. The van der Waals surface area contributed by atoms with Crippen molar-refractivity contribution >= 4 is 0 Å². The maximum Gasteiger partial charge on any atom is 0.229 e. The molecule has 0 spiro atoms. The van der Waals surface area contributed by atoms with Crippen LogP contribution in [0.5, 0.6) is 0 Å². The van der Waals surface area contributed by atoms with Crippen LogP contribution >= 0.6 is 0 Å². The molecule has 1 aliphatic rings. The molecule has 2 rings (SSSR count). The molecular weight excluding hydrogens is 214 g/mol. The topological polar surface area (TPSA) is 51.0 Å². The van der Waals surface area contributed by atoms with Crippen molar-refractivity contribution in [3.05, 3.63) is 11.7 Å². The van der Waals surface area contributed by atoms with E-state index in [1.54, 1.807) is 0 Å². The summed E-state index contributed by atoms with van der Waals surface area (Å²) in [5, 5.41) is 7.43. The summed E-state index contributed by atoms with van der Waals surface area (Å²) < 4.78 is 5.38. The third-order valence-electron chi connectivity index (χ3n) is 3.27. The van der Waals surface area contributed by atoms with Gasteiger partial charge in [-0.05, 0) is 37.8 Å². The van der Waals surface area contributed by atoms with E-state index in [1.807, 2.05) is 0 Å². The van der Waals surface area contributed by atoms with Crippen LogP contribution in [0, 0.1) is 5.41 Å². The molecule has 4 nitrogen and oxygen atoms in total. The van der Waals surface area contributed by atoms with Crippen LogP contribution in [0.3, 0.4) is 0 Å². The van der Waals surface area contributed by atoms with E-state index < -0.39 is 0 Å². The van der Waals surface area contributed by atoms with Crippen molar-refractivity contribution in [2.75, 3.05) is 13.1 Å². The summed E-state index contributed by atoms with van der Waals surface area (Å²) in [7, 11) is 0. The van der Waals surface area contributed by atoms with Crippen LogP contribution in [-0.4, -0.2) is 23.2 Å². The van der Waals surface area contributed by atoms with Crippen molar-refractivity contribution in [3.8, 4) is 0 Å². The lowest BCUT2D eigenvalue weighted by molar-refractivity contribution is 0.316. The second kappa shape index (κ2) is 5.17. The van der Waals surface area contributed by atoms with Crippen LogP contribution in [0.15, 0.2) is 4.52 Å². The SMILES string of the molecule is CC(C)(C)CCc1noc(C2CCNCC2)n1. The summed E-state index contributed by atoms with van der Waals surface area (Å²) in [6.45, 7) is 8.83. The highest BCUT2D eigenvalue weighted by molar-refractivity contribution is 4.96. The maximum absolute atomic E-state index is 5.38. The smallest absolute Gasteiger partial charge is 0.229 e. The molecule has 1 fully saturated rings. The Kier molecular flexibility index (Phi) is 3.82. The van der Waals surface area contributed by atoms with E-state index in [0.717, 1.165) is 50.5 Å². The molecule has 0 bridgehead atoms. The zero-order valence-electron chi connectivity index (χ0n) is 11.1. The van der Waals surface area contributed by atoms with Gasteiger partial charge in [-0.2, -0.15) is 4.98 Å². The van der Waals surface area contributed by atoms with Gasteiger partial charge >= 0.3 is 0 Å². The molecule has 96 valence electrons. The molecule has 0 radical (unpaired) electrons. The fraction of sp³-hybridized carbons (Fsp3) is 0.846. The van der Waals surface area contributed by atoms with Gasteiger partial charge in [0.15, 0.2) is 5.82 Å². The standard InChI is InChI=1S/C13H23N3O/c1-13(2,3)7-4-11-15-12(17-16-11)10-5-8-14-9-6-10/h10,14H,4-9H2,1-3H3. The zero-order chi connectivity index (χ0) is 12.3. The molecule has 0 aliphatic carbocycles. The third kappa shape index (κ3) is 3.80. The zero-order valence-corrected chi connectivity index (χ0v) is 11.1. The fourth-order valence-electron chi connectivity index (χ4n) is 2.09. The lowest BCUT2D eigenvalue weighted by Crippen LogP contribution is -2.26. The quantitative estimate of drug-likeness (QED) is 0.877. The Balaban J connectivity index is 1.91. The number of hydrogen-bond acceptors (Lipinski definition) is 4. The predicted octanol–water partition coefficient (Wildman–Crippen LogP) is 2.52. The second-order valence-electron chi connectivity index (χ2n) is 6.13. The van der Waals surface area contributed by atoms with Gasteiger partial charge in [-0.25, -0.2) is 0 Å². The molecule has 0 aromatic carbocycles. The Labute approximate surface area is 103 Å². The first-order chi connectivity index (χ1) is 8.04. The maximum atomic E-state index is 5.38. The van der Waals surface area contributed by atoms with E-state index in [2.05, 4.69) is 36.2 Å². The summed E-state index contributed by atoms with van der Waals surface area (Å²) in [4.78, 5) is 4.53. The molecule has 0 amide bonds. The van der Waals surface area contributed by atoms with E-state index in [-0.39, 0.29) is 0 Å². The van der Waals surface area contributed by atoms with Gasteiger partial charge in [-0.15, -0.1) is 0 Å². The summed E-state index contributed by atoms with van der Waals surface area (Å²) >= 11 is 0. The Morgan fingerprint density at radius 1 is 1.29 bits per heavy atom. The van der Waals surface area contributed by atoms with E-state index in [9.17, 15) is 0 Å². The second-order valence-corrected chi connectivity index (χ2v) is 6.13. The summed E-state index contributed by atoms with van der Waals surface area (Å²) in [6, 6.07) is 0. The molecule has 2 heterocycles. The molecule has 1 N–H and O–H groups in total. The lowest BCUT2D eigenvalue weighted by atomic mass is 9.90. The Hall–Kier alpha value is -0.900. The van der Waals surface area contributed by atoms with E-state index >= 15 is 0 Å².